The Morgan fingerprint density at radius 1 is 1.50 bits per heavy atom. The highest BCUT2D eigenvalue weighted by Gasteiger charge is 2.34. The molecule has 0 aliphatic carbocycles. The molecule has 1 aliphatic rings. The highest BCUT2D eigenvalue weighted by Crippen LogP contribution is 2.27. The summed E-state index contributed by atoms with van der Waals surface area (Å²) in [5.74, 6) is 0. The first-order valence-electron chi connectivity index (χ1n) is 3.77. The lowest BCUT2D eigenvalue weighted by molar-refractivity contribution is 0.278. The fraction of sp³-hybridized carbons (Fsp3) is 0.750. The van der Waals surface area contributed by atoms with Crippen LogP contribution in [0.25, 0.3) is 0 Å². The molecule has 10 heavy (non-hydrogen) atoms. The molecule has 1 fully saturated rings. The Bertz CT molecular complexity index is 112. The zero-order chi connectivity index (χ0) is 7.40. The second kappa shape index (κ2) is 3.74. The minimum atomic E-state index is 0.297. The summed E-state index contributed by atoms with van der Waals surface area (Å²) in [6, 6.07) is 0. The minimum Gasteiger partial charge on any atom is -0.396 e. The lowest BCUT2D eigenvalue weighted by Crippen LogP contribution is -1.91. The van der Waals surface area contributed by atoms with Crippen molar-refractivity contribution in [3.63, 3.8) is 0 Å². The molecule has 1 unspecified atom stereocenters. The summed E-state index contributed by atoms with van der Waals surface area (Å²) in [7, 11) is 0. The fourth-order valence-corrected chi connectivity index (χ4v) is 1.05. The van der Waals surface area contributed by atoms with Gasteiger partial charge in [-0.2, -0.15) is 0 Å². The largest absolute Gasteiger partial charge is 0.396 e. The van der Waals surface area contributed by atoms with E-state index in [4.69, 9.17) is 9.84 Å². The van der Waals surface area contributed by atoms with E-state index >= 15 is 0 Å². The number of rotatable bonds is 5. The van der Waals surface area contributed by atoms with Crippen LogP contribution in [-0.2, 0) is 4.74 Å². The first-order valence-corrected chi connectivity index (χ1v) is 3.77. The molecule has 1 rings (SSSR count). The first-order chi connectivity index (χ1) is 4.88. The molecule has 1 aliphatic heterocycles. The van der Waals surface area contributed by atoms with E-state index < -0.39 is 0 Å². The van der Waals surface area contributed by atoms with Crippen molar-refractivity contribution in [2.45, 2.75) is 31.5 Å². The van der Waals surface area contributed by atoms with E-state index in [0.29, 0.717) is 18.8 Å². The van der Waals surface area contributed by atoms with Crippen LogP contribution in [-0.4, -0.2) is 23.9 Å². The molecule has 0 saturated carbocycles. The molecule has 1 saturated heterocycles. The van der Waals surface area contributed by atoms with Gasteiger partial charge in [-0.1, -0.05) is 6.08 Å². The minimum absolute atomic E-state index is 0.297. The molecule has 2 heteroatoms. The number of aliphatic hydroxyl groups is 1. The summed E-state index contributed by atoms with van der Waals surface area (Å²) >= 11 is 0. The van der Waals surface area contributed by atoms with E-state index in [-0.39, 0.29) is 0 Å². The summed E-state index contributed by atoms with van der Waals surface area (Å²) in [4.78, 5) is 0. The zero-order valence-electron chi connectivity index (χ0n) is 6.12. The Labute approximate surface area is 61.5 Å². The normalized spacial score (nSPS) is 30.1. The maximum absolute atomic E-state index is 8.46. The van der Waals surface area contributed by atoms with Gasteiger partial charge in [0.05, 0.1) is 6.10 Å². The molecular formula is C8H14O2. The topological polar surface area (TPSA) is 32.8 Å². The molecule has 2 nitrogen and oxygen atoms in total. The maximum Gasteiger partial charge on any atom is 0.102 e. The van der Waals surface area contributed by atoms with Gasteiger partial charge in [-0.05, 0) is 19.3 Å². The van der Waals surface area contributed by atoms with Crippen molar-refractivity contribution in [2.75, 3.05) is 6.61 Å². The van der Waals surface area contributed by atoms with Crippen molar-refractivity contribution < 1.29 is 9.84 Å². The lowest BCUT2D eigenvalue weighted by Gasteiger charge is -1.91. The molecule has 1 heterocycles. The Hall–Kier alpha value is -0.340. The van der Waals surface area contributed by atoms with E-state index in [1.165, 1.54) is 0 Å². The molecular weight excluding hydrogens is 128 g/mol. The second-order valence-corrected chi connectivity index (χ2v) is 2.59. The van der Waals surface area contributed by atoms with Crippen molar-refractivity contribution in [2.24, 2.45) is 0 Å². The number of unbranched alkanes of at least 4 members (excludes halogenated alkanes) is 1. The number of hydrogen-bond acceptors (Lipinski definition) is 2. The van der Waals surface area contributed by atoms with Crippen LogP contribution in [0.15, 0.2) is 12.7 Å². The van der Waals surface area contributed by atoms with Crippen LogP contribution >= 0.6 is 0 Å². The van der Waals surface area contributed by atoms with Gasteiger partial charge >= 0.3 is 0 Å². The third kappa shape index (κ3) is 2.12. The van der Waals surface area contributed by atoms with Crippen LogP contribution in [0.2, 0.25) is 0 Å². The maximum atomic E-state index is 8.46. The van der Waals surface area contributed by atoms with Crippen LogP contribution in [0.1, 0.15) is 19.3 Å². The molecule has 0 aromatic heterocycles. The summed E-state index contributed by atoms with van der Waals surface area (Å²) < 4.78 is 5.21. The standard InChI is InChI=1S/C8H14O2/c1-2-7-8(10-7)5-3-4-6-9/h2,7-9H,1,3-6H2/t7-,8?/m1/s1. The molecule has 2 atom stereocenters. The summed E-state index contributed by atoms with van der Waals surface area (Å²) in [6.45, 7) is 3.92. The van der Waals surface area contributed by atoms with Crippen molar-refractivity contribution in [1.82, 2.24) is 0 Å². The van der Waals surface area contributed by atoms with Crippen molar-refractivity contribution in [3.05, 3.63) is 12.7 Å². The SMILES string of the molecule is C=C[C@H]1OC1CCCCO. The number of epoxide rings is 1. The third-order valence-electron chi connectivity index (χ3n) is 1.75. The van der Waals surface area contributed by atoms with Gasteiger partial charge in [0.1, 0.15) is 6.10 Å². The molecule has 0 amide bonds. The van der Waals surface area contributed by atoms with Gasteiger partial charge in [0.15, 0.2) is 0 Å². The van der Waals surface area contributed by atoms with Gasteiger partial charge in [-0.15, -0.1) is 6.58 Å². The number of hydrogen-bond donors (Lipinski definition) is 1. The van der Waals surface area contributed by atoms with Gasteiger partial charge in [-0.3, -0.25) is 0 Å². The lowest BCUT2D eigenvalue weighted by atomic mass is 10.1. The Kier molecular flexibility index (Phi) is 2.90. The molecule has 0 bridgehead atoms. The van der Waals surface area contributed by atoms with Gasteiger partial charge < -0.3 is 9.84 Å². The monoisotopic (exact) mass is 142 g/mol. The number of ether oxygens (including phenoxy) is 1. The Balaban J connectivity index is 1.91. The van der Waals surface area contributed by atoms with Crippen LogP contribution in [0.4, 0.5) is 0 Å². The average Bonchev–Trinajstić information content (AvgIpc) is 2.68. The molecule has 1 N–H and O–H groups in total. The Morgan fingerprint density at radius 3 is 2.80 bits per heavy atom. The highest BCUT2D eigenvalue weighted by atomic mass is 16.6. The van der Waals surface area contributed by atoms with Crippen LogP contribution in [0.3, 0.4) is 0 Å². The molecule has 0 aromatic rings. The smallest absolute Gasteiger partial charge is 0.102 e. The van der Waals surface area contributed by atoms with E-state index in [9.17, 15) is 0 Å². The third-order valence-corrected chi connectivity index (χ3v) is 1.75. The molecule has 0 radical (unpaired) electrons. The van der Waals surface area contributed by atoms with Gasteiger partial charge in [-0.25, -0.2) is 0 Å². The average molecular weight is 142 g/mol. The summed E-state index contributed by atoms with van der Waals surface area (Å²) in [5, 5.41) is 8.46. The molecule has 0 aromatic carbocycles. The molecule has 0 spiro atoms. The van der Waals surface area contributed by atoms with Crippen LogP contribution in [0, 0.1) is 0 Å². The zero-order valence-corrected chi connectivity index (χ0v) is 6.12. The second-order valence-electron chi connectivity index (χ2n) is 2.59. The van der Waals surface area contributed by atoms with Crippen molar-refractivity contribution in [3.8, 4) is 0 Å². The van der Waals surface area contributed by atoms with Crippen LogP contribution in [0.5, 0.6) is 0 Å². The fourth-order valence-electron chi connectivity index (χ4n) is 1.05. The van der Waals surface area contributed by atoms with Gasteiger partial charge in [0.25, 0.3) is 0 Å². The van der Waals surface area contributed by atoms with E-state index in [0.717, 1.165) is 19.3 Å². The van der Waals surface area contributed by atoms with Gasteiger partial charge in [0, 0.05) is 6.61 Å². The highest BCUT2D eigenvalue weighted by molar-refractivity contribution is 4.97. The van der Waals surface area contributed by atoms with Gasteiger partial charge in [0.2, 0.25) is 0 Å². The van der Waals surface area contributed by atoms with Crippen molar-refractivity contribution >= 4 is 0 Å². The van der Waals surface area contributed by atoms with E-state index in [2.05, 4.69) is 6.58 Å². The predicted octanol–water partition coefficient (Wildman–Crippen LogP) is 1.10. The Morgan fingerprint density at radius 2 is 2.30 bits per heavy atom. The van der Waals surface area contributed by atoms with E-state index in [1.807, 2.05) is 6.08 Å². The quantitative estimate of drug-likeness (QED) is 0.354. The number of aliphatic hydroxyl groups excluding tert-OH is 1. The summed E-state index contributed by atoms with van der Waals surface area (Å²) in [5.41, 5.74) is 0. The first kappa shape index (κ1) is 7.76. The van der Waals surface area contributed by atoms with E-state index in [1.54, 1.807) is 0 Å². The summed E-state index contributed by atoms with van der Waals surface area (Å²) in [6.07, 6.45) is 5.57. The predicted molar refractivity (Wildman–Crippen MR) is 39.8 cm³/mol. The van der Waals surface area contributed by atoms with Crippen molar-refractivity contribution in [1.29, 1.82) is 0 Å². The van der Waals surface area contributed by atoms with Crippen LogP contribution < -0.4 is 0 Å². The molecule has 58 valence electrons.